The van der Waals surface area contributed by atoms with Gasteiger partial charge in [-0.05, 0) is 35.9 Å². The van der Waals surface area contributed by atoms with Crippen LogP contribution in [0, 0.1) is 0 Å². The van der Waals surface area contributed by atoms with E-state index in [1.165, 1.54) is 49.1 Å². The van der Waals surface area contributed by atoms with Crippen molar-refractivity contribution in [2.45, 2.75) is 11.3 Å². The number of hydrogen-bond acceptors (Lipinski definition) is 7. The normalized spacial score (nSPS) is 12.0. The molecule has 0 atom stereocenters. The number of benzene rings is 2. The highest BCUT2D eigenvalue weighted by Crippen LogP contribution is 2.34. The molecule has 0 amide bonds. The Morgan fingerprint density at radius 2 is 1.78 bits per heavy atom. The van der Waals surface area contributed by atoms with Crippen molar-refractivity contribution in [2.24, 2.45) is 0 Å². The summed E-state index contributed by atoms with van der Waals surface area (Å²) in [7, 11) is -3.53. The smallest absolute Gasteiger partial charge is 0.406 e. The highest BCUT2D eigenvalue weighted by Gasteiger charge is 2.31. The van der Waals surface area contributed by atoms with Crippen molar-refractivity contribution < 1.29 is 26.3 Å². The molecule has 0 aliphatic heterocycles. The first-order valence-corrected chi connectivity index (χ1v) is 11.0. The van der Waals surface area contributed by atoms with Crippen LogP contribution in [0.1, 0.15) is 0 Å². The minimum Gasteiger partial charge on any atom is -0.406 e. The molecule has 164 valence electrons. The molecule has 32 heavy (non-hydrogen) atoms. The van der Waals surface area contributed by atoms with E-state index in [1.54, 1.807) is 18.2 Å². The number of pyridine rings is 1. The predicted octanol–water partition coefficient (Wildman–Crippen LogP) is 4.74. The van der Waals surface area contributed by atoms with Crippen LogP contribution < -0.4 is 10.1 Å². The van der Waals surface area contributed by atoms with Gasteiger partial charge < -0.3 is 10.1 Å². The molecule has 0 fully saturated rings. The highest BCUT2D eigenvalue weighted by molar-refractivity contribution is 7.90. The average molecular weight is 460 g/mol. The first-order chi connectivity index (χ1) is 15.1. The van der Waals surface area contributed by atoms with Gasteiger partial charge in [-0.2, -0.15) is 0 Å². The number of ether oxygens (including phenoxy) is 1. The zero-order valence-corrected chi connectivity index (χ0v) is 17.3. The third-order valence-corrected chi connectivity index (χ3v) is 5.57. The Bertz CT molecular complexity index is 1410. The van der Waals surface area contributed by atoms with Crippen LogP contribution >= 0.6 is 0 Å². The van der Waals surface area contributed by atoms with Gasteiger partial charge >= 0.3 is 6.36 Å². The van der Waals surface area contributed by atoms with E-state index in [9.17, 15) is 21.6 Å². The Hall–Kier alpha value is -3.73. The van der Waals surface area contributed by atoms with E-state index >= 15 is 0 Å². The number of nitrogens with one attached hydrogen (secondary N) is 1. The summed E-state index contributed by atoms with van der Waals surface area (Å²) in [5.41, 5.74) is 2.51. The molecule has 2 aromatic heterocycles. The Kier molecular flexibility index (Phi) is 5.43. The van der Waals surface area contributed by atoms with E-state index in [0.717, 1.165) is 6.26 Å². The molecule has 0 saturated heterocycles. The molecular formula is C21H15F3N4O3S. The Morgan fingerprint density at radius 3 is 2.53 bits per heavy atom. The predicted molar refractivity (Wildman–Crippen MR) is 112 cm³/mol. The van der Waals surface area contributed by atoms with Gasteiger partial charge in [-0.25, -0.2) is 8.42 Å². The summed E-state index contributed by atoms with van der Waals surface area (Å²) in [5, 5.41) is 3.01. The van der Waals surface area contributed by atoms with Gasteiger partial charge in [-0.3, -0.25) is 15.0 Å². The number of fused-ring (bicyclic) bond motifs is 1. The van der Waals surface area contributed by atoms with Crippen molar-refractivity contribution in [3.63, 3.8) is 0 Å². The Morgan fingerprint density at radius 1 is 1.00 bits per heavy atom. The molecule has 4 rings (SSSR count). The standard InChI is InChI=1S/C21H15F3N4O3S/c1-32(29,30)19-5-6-25-12-18(19)28-14-10-16(20-17(11-14)26-7-8-27-20)13-3-2-4-15(9-13)31-21(22,23)24/h2-12,28H,1H3. The summed E-state index contributed by atoms with van der Waals surface area (Å²) < 4.78 is 66.2. The number of hydrogen-bond donors (Lipinski definition) is 1. The lowest BCUT2D eigenvalue weighted by Crippen LogP contribution is -2.17. The molecule has 0 aliphatic rings. The first-order valence-electron chi connectivity index (χ1n) is 9.12. The van der Waals surface area contributed by atoms with Crippen LogP contribution in [0.4, 0.5) is 24.5 Å². The molecule has 0 radical (unpaired) electrons. The quantitative estimate of drug-likeness (QED) is 0.460. The number of nitrogens with zero attached hydrogens (tertiary/aromatic N) is 3. The molecule has 4 aromatic rings. The van der Waals surface area contributed by atoms with Gasteiger partial charge in [0.25, 0.3) is 0 Å². The van der Waals surface area contributed by atoms with Gasteiger partial charge in [0.15, 0.2) is 9.84 Å². The topological polar surface area (TPSA) is 94.1 Å². The fraction of sp³-hybridized carbons (Fsp3) is 0.0952. The molecule has 0 aliphatic carbocycles. The minimum absolute atomic E-state index is 0.0499. The van der Waals surface area contributed by atoms with Crippen LogP contribution in [0.3, 0.4) is 0 Å². The van der Waals surface area contributed by atoms with E-state index in [0.29, 0.717) is 27.8 Å². The van der Waals surface area contributed by atoms with Crippen molar-refractivity contribution >= 4 is 32.2 Å². The maximum absolute atomic E-state index is 12.7. The lowest BCUT2D eigenvalue weighted by molar-refractivity contribution is -0.274. The maximum atomic E-state index is 12.7. The minimum atomic E-state index is -4.83. The zero-order chi connectivity index (χ0) is 22.9. The van der Waals surface area contributed by atoms with E-state index in [1.807, 2.05) is 0 Å². The van der Waals surface area contributed by atoms with E-state index < -0.39 is 16.2 Å². The summed E-state index contributed by atoms with van der Waals surface area (Å²) in [6, 6.07) is 10.2. The third-order valence-electron chi connectivity index (χ3n) is 4.41. The fourth-order valence-corrected chi connectivity index (χ4v) is 3.99. The lowest BCUT2D eigenvalue weighted by Gasteiger charge is -2.14. The van der Waals surface area contributed by atoms with Crippen molar-refractivity contribution in [2.75, 3.05) is 11.6 Å². The molecule has 7 nitrogen and oxygen atoms in total. The van der Waals surface area contributed by atoms with Crippen LogP contribution in [0.15, 0.2) is 72.1 Å². The molecule has 0 bridgehead atoms. The summed E-state index contributed by atoms with van der Waals surface area (Å²) in [5.74, 6) is -0.378. The number of aromatic nitrogens is 3. The summed E-state index contributed by atoms with van der Waals surface area (Å²) in [6.45, 7) is 0. The summed E-state index contributed by atoms with van der Waals surface area (Å²) >= 11 is 0. The van der Waals surface area contributed by atoms with Gasteiger partial charge in [-0.15, -0.1) is 13.2 Å². The monoisotopic (exact) mass is 460 g/mol. The first kappa shape index (κ1) is 21.5. The molecule has 2 heterocycles. The Balaban J connectivity index is 1.83. The van der Waals surface area contributed by atoms with E-state index in [2.05, 4.69) is 25.0 Å². The highest BCUT2D eigenvalue weighted by atomic mass is 32.2. The second kappa shape index (κ2) is 8.08. The molecule has 0 unspecified atom stereocenters. The van der Waals surface area contributed by atoms with Gasteiger partial charge in [-0.1, -0.05) is 12.1 Å². The van der Waals surface area contributed by atoms with Gasteiger partial charge in [0.05, 0.1) is 27.8 Å². The molecular weight excluding hydrogens is 445 g/mol. The van der Waals surface area contributed by atoms with Crippen molar-refractivity contribution in [3.8, 4) is 16.9 Å². The number of halogens is 3. The largest absolute Gasteiger partial charge is 0.573 e. The van der Waals surface area contributed by atoms with Crippen LogP contribution in [-0.2, 0) is 9.84 Å². The molecule has 0 spiro atoms. The number of alkyl halides is 3. The molecule has 11 heteroatoms. The summed E-state index contributed by atoms with van der Waals surface area (Å²) in [4.78, 5) is 12.6. The second-order valence-corrected chi connectivity index (χ2v) is 8.78. The van der Waals surface area contributed by atoms with Crippen LogP contribution in [0.2, 0.25) is 0 Å². The molecule has 0 saturated carbocycles. The number of rotatable bonds is 5. The van der Waals surface area contributed by atoms with Gasteiger partial charge in [0.2, 0.25) is 0 Å². The number of sulfone groups is 1. The van der Waals surface area contributed by atoms with Gasteiger partial charge in [0.1, 0.15) is 5.75 Å². The number of anilines is 2. The van der Waals surface area contributed by atoms with Crippen LogP contribution in [-0.4, -0.2) is 36.0 Å². The second-order valence-electron chi connectivity index (χ2n) is 6.79. The van der Waals surface area contributed by atoms with E-state index in [4.69, 9.17) is 0 Å². The molecule has 1 N–H and O–H groups in total. The lowest BCUT2D eigenvalue weighted by atomic mass is 10.0. The van der Waals surface area contributed by atoms with Gasteiger partial charge in [0, 0.05) is 36.1 Å². The third kappa shape index (κ3) is 4.78. The fourth-order valence-electron chi connectivity index (χ4n) is 3.18. The van der Waals surface area contributed by atoms with Crippen LogP contribution in [0.25, 0.3) is 22.2 Å². The maximum Gasteiger partial charge on any atom is 0.573 e. The zero-order valence-electron chi connectivity index (χ0n) is 16.5. The SMILES string of the molecule is CS(=O)(=O)c1ccncc1Nc1cc(-c2cccc(OC(F)(F)F)c2)c2nccnc2c1. The Labute approximate surface area is 180 Å². The van der Waals surface area contributed by atoms with Crippen LogP contribution in [0.5, 0.6) is 5.75 Å². The summed E-state index contributed by atoms with van der Waals surface area (Å²) in [6.07, 6.45) is 1.94. The van der Waals surface area contributed by atoms with E-state index in [-0.39, 0.29) is 16.3 Å². The van der Waals surface area contributed by atoms with Crippen molar-refractivity contribution in [3.05, 3.63) is 67.3 Å². The van der Waals surface area contributed by atoms with Crippen molar-refractivity contribution in [1.82, 2.24) is 15.0 Å². The van der Waals surface area contributed by atoms with Crippen molar-refractivity contribution in [1.29, 1.82) is 0 Å². The molecule has 2 aromatic carbocycles. The average Bonchev–Trinajstić information content (AvgIpc) is 2.72.